The number of hydrogen-bond donors (Lipinski definition) is 4. The van der Waals surface area contributed by atoms with E-state index in [1.165, 1.54) is 0 Å². The van der Waals surface area contributed by atoms with Crippen LogP contribution in [0.15, 0.2) is 0 Å². The Morgan fingerprint density at radius 2 is 1.24 bits per heavy atom. The molecule has 5 amide bonds. The molecule has 10 nitrogen and oxygen atoms in total. The van der Waals surface area contributed by atoms with E-state index in [9.17, 15) is 24.0 Å². The number of amides is 5. The highest BCUT2D eigenvalue weighted by atomic mass is 16.2. The van der Waals surface area contributed by atoms with Gasteiger partial charge in [0.05, 0.1) is 0 Å². The van der Waals surface area contributed by atoms with Crippen molar-refractivity contribution in [2.24, 2.45) is 23.7 Å². The zero-order chi connectivity index (χ0) is 28.7. The minimum Gasteiger partial charge on any atom is -0.343 e. The molecular formula is C28H49N5O5. The summed E-state index contributed by atoms with van der Waals surface area (Å²) in [5.41, 5.74) is 0. The van der Waals surface area contributed by atoms with Crippen molar-refractivity contribution in [2.75, 3.05) is 6.54 Å². The Balaban J connectivity index is 2.56. The van der Waals surface area contributed by atoms with Gasteiger partial charge in [-0.05, 0) is 49.4 Å². The van der Waals surface area contributed by atoms with Crippen LogP contribution in [-0.2, 0) is 24.0 Å². The smallest absolute Gasteiger partial charge is 0.245 e. The fourth-order valence-electron chi connectivity index (χ4n) is 5.16. The lowest BCUT2D eigenvalue weighted by Crippen LogP contribution is -2.60. The van der Waals surface area contributed by atoms with E-state index < -0.39 is 47.9 Å². The van der Waals surface area contributed by atoms with Crippen molar-refractivity contribution in [3.05, 3.63) is 0 Å². The standard InChI is InChI=1S/C28H49N5O5/c1-9-18(8)23-27(37)30-20(14-16(4)5)28(38)33-12-10-11-21(33)25(35)29-19(13-15(2)3)24(34)31-22(17(6)7)26(36)32-23/h15-23H,9-14H2,1-8H3,(H,29,35)(H,30,37)(H,31,34)(H,32,36)/t18?,19-,20+,21+,22+,23-/m1/s1. The van der Waals surface area contributed by atoms with E-state index in [2.05, 4.69) is 21.3 Å². The minimum absolute atomic E-state index is 0.104. The average molecular weight is 536 g/mol. The Morgan fingerprint density at radius 3 is 1.79 bits per heavy atom. The number of carbonyl (C=O) groups is 5. The first kappa shape index (κ1) is 31.6. The van der Waals surface area contributed by atoms with E-state index in [0.717, 1.165) is 0 Å². The molecule has 0 saturated carbocycles. The second kappa shape index (κ2) is 13.9. The van der Waals surface area contributed by atoms with Gasteiger partial charge in [0.2, 0.25) is 29.5 Å². The second-order valence-corrected chi connectivity index (χ2v) is 12.2. The lowest BCUT2D eigenvalue weighted by atomic mass is 9.95. The van der Waals surface area contributed by atoms with Crippen LogP contribution in [-0.4, -0.2) is 71.2 Å². The summed E-state index contributed by atoms with van der Waals surface area (Å²) in [7, 11) is 0. The fourth-order valence-corrected chi connectivity index (χ4v) is 5.16. The number of nitrogens with zero attached hydrogens (tertiary/aromatic N) is 1. The molecule has 10 heteroatoms. The molecule has 2 saturated heterocycles. The zero-order valence-electron chi connectivity index (χ0n) is 24.4. The van der Waals surface area contributed by atoms with Crippen LogP contribution in [0.2, 0.25) is 0 Å². The maximum absolute atomic E-state index is 13.7. The summed E-state index contributed by atoms with van der Waals surface area (Å²) in [6.07, 6.45) is 2.56. The van der Waals surface area contributed by atoms with Gasteiger partial charge in [-0.15, -0.1) is 0 Å². The molecule has 2 fully saturated rings. The van der Waals surface area contributed by atoms with Gasteiger partial charge in [-0.3, -0.25) is 24.0 Å². The van der Waals surface area contributed by atoms with E-state index in [1.54, 1.807) is 4.90 Å². The molecule has 2 aliphatic heterocycles. The number of nitrogens with one attached hydrogen (secondary N) is 4. The van der Waals surface area contributed by atoms with Crippen molar-refractivity contribution in [2.45, 2.75) is 118 Å². The molecular weight excluding hydrogens is 486 g/mol. The number of rotatable bonds is 7. The molecule has 0 aliphatic carbocycles. The zero-order valence-corrected chi connectivity index (χ0v) is 24.4. The van der Waals surface area contributed by atoms with Gasteiger partial charge in [-0.2, -0.15) is 0 Å². The van der Waals surface area contributed by atoms with Gasteiger partial charge in [-0.25, -0.2) is 0 Å². The van der Waals surface area contributed by atoms with Crippen LogP contribution in [0.4, 0.5) is 0 Å². The maximum atomic E-state index is 13.7. The van der Waals surface area contributed by atoms with Crippen LogP contribution in [0.3, 0.4) is 0 Å². The molecule has 0 bridgehead atoms. The molecule has 0 aromatic carbocycles. The third kappa shape index (κ3) is 8.17. The Labute approximate surface area is 227 Å². The van der Waals surface area contributed by atoms with E-state index in [4.69, 9.17) is 0 Å². The normalized spacial score (nSPS) is 28.9. The molecule has 216 valence electrons. The average Bonchev–Trinajstić information content (AvgIpc) is 3.32. The fraction of sp³-hybridized carbons (Fsp3) is 0.821. The largest absolute Gasteiger partial charge is 0.343 e. The Hall–Kier alpha value is -2.65. The number of fused-ring (bicyclic) bond motifs is 1. The summed E-state index contributed by atoms with van der Waals surface area (Å²) in [5, 5.41) is 11.5. The van der Waals surface area contributed by atoms with Crippen molar-refractivity contribution in [3.8, 4) is 0 Å². The number of carbonyl (C=O) groups excluding carboxylic acids is 5. The Bertz CT molecular complexity index is 874. The van der Waals surface area contributed by atoms with Crippen LogP contribution in [0, 0.1) is 23.7 Å². The molecule has 6 atom stereocenters. The first-order chi connectivity index (χ1) is 17.8. The molecule has 2 heterocycles. The first-order valence-electron chi connectivity index (χ1n) is 14.3. The van der Waals surface area contributed by atoms with Crippen LogP contribution in [0.5, 0.6) is 0 Å². The predicted molar refractivity (Wildman–Crippen MR) is 146 cm³/mol. The maximum Gasteiger partial charge on any atom is 0.245 e. The number of hydrogen-bond acceptors (Lipinski definition) is 5. The molecule has 0 aromatic heterocycles. The van der Waals surface area contributed by atoms with Gasteiger partial charge >= 0.3 is 0 Å². The summed E-state index contributed by atoms with van der Waals surface area (Å²) >= 11 is 0. The van der Waals surface area contributed by atoms with Crippen molar-refractivity contribution >= 4 is 29.5 Å². The van der Waals surface area contributed by atoms with E-state index in [0.29, 0.717) is 38.6 Å². The lowest BCUT2D eigenvalue weighted by Gasteiger charge is -2.32. The topological polar surface area (TPSA) is 137 Å². The van der Waals surface area contributed by atoms with Gasteiger partial charge in [0.1, 0.15) is 30.2 Å². The highest BCUT2D eigenvalue weighted by molar-refractivity contribution is 5.98. The minimum atomic E-state index is -0.894. The van der Waals surface area contributed by atoms with Crippen LogP contribution in [0.1, 0.15) is 87.5 Å². The highest BCUT2D eigenvalue weighted by Gasteiger charge is 2.41. The molecule has 2 aliphatic rings. The Kier molecular flexibility index (Phi) is 11.6. The van der Waals surface area contributed by atoms with Gasteiger partial charge in [0.15, 0.2) is 0 Å². The monoisotopic (exact) mass is 535 g/mol. The molecule has 0 spiro atoms. The summed E-state index contributed by atoms with van der Waals surface area (Å²) in [4.78, 5) is 69.1. The molecule has 2 rings (SSSR count). The predicted octanol–water partition coefficient (Wildman–Crippen LogP) is 1.72. The first-order valence-corrected chi connectivity index (χ1v) is 14.3. The highest BCUT2D eigenvalue weighted by Crippen LogP contribution is 2.22. The van der Waals surface area contributed by atoms with E-state index in [-0.39, 0.29) is 35.5 Å². The van der Waals surface area contributed by atoms with Gasteiger partial charge < -0.3 is 26.2 Å². The summed E-state index contributed by atoms with van der Waals surface area (Å²) in [6, 6.07) is -4.16. The SMILES string of the molecule is CCC(C)[C@H]1NC(=O)[C@H](C(C)C)NC(=O)[C@@H](CC(C)C)NC(=O)[C@@H]2CCCN2C(=O)[C@H](CC(C)C)NC1=O. The molecule has 4 N–H and O–H groups in total. The van der Waals surface area contributed by atoms with Crippen molar-refractivity contribution in [3.63, 3.8) is 0 Å². The van der Waals surface area contributed by atoms with Gasteiger partial charge in [0.25, 0.3) is 0 Å². The Morgan fingerprint density at radius 1 is 0.711 bits per heavy atom. The lowest BCUT2D eigenvalue weighted by molar-refractivity contribution is -0.142. The van der Waals surface area contributed by atoms with Crippen molar-refractivity contribution in [1.29, 1.82) is 0 Å². The van der Waals surface area contributed by atoms with Crippen LogP contribution in [0.25, 0.3) is 0 Å². The van der Waals surface area contributed by atoms with E-state index in [1.807, 2.05) is 55.4 Å². The van der Waals surface area contributed by atoms with E-state index >= 15 is 0 Å². The molecule has 38 heavy (non-hydrogen) atoms. The third-order valence-electron chi connectivity index (χ3n) is 7.54. The third-order valence-corrected chi connectivity index (χ3v) is 7.54. The molecule has 0 aromatic rings. The van der Waals surface area contributed by atoms with Gasteiger partial charge in [-0.1, -0.05) is 61.8 Å². The second-order valence-electron chi connectivity index (χ2n) is 12.2. The quantitative estimate of drug-likeness (QED) is 0.394. The summed E-state index contributed by atoms with van der Waals surface area (Å²) in [5.74, 6) is -2.29. The van der Waals surface area contributed by atoms with Gasteiger partial charge in [0, 0.05) is 6.54 Å². The molecule has 0 radical (unpaired) electrons. The summed E-state index contributed by atoms with van der Waals surface area (Å²) < 4.78 is 0. The van der Waals surface area contributed by atoms with Crippen LogP contribution >= 0.6 is 0 Å². The van der Waals surface area contributed by atoms with Crippen LogP contribution < -0.4 is 21.3 Å². The van der Waals surface area contributed by atoms with Crippen molar-refractivity contribution < 1.29 is 24.0 Å². The molecule has 1 unspecified atom stereocenters. The van der Waals surface area contributed by atoms with Crippen molar-refractivity contribution in [1.82, 2.24) is 26.2 Å². The summed E-state index contributed by atoms with van der Waals surface area (Å²) in [6.45, 7) is 15.7.